The van der Waals surface area contributed by atoms with Crippen molar-refractivity contribution in [1.29, 1.82) is 0 Å². The second kappa shape index (κ2) is 4.93. The molecule has 1 N–H and O–H groups in total. The highest BCUT2D eigenvalue weighted by Crippen LogP contribution is 2.29. The molecule has 0 unspecified atom stereocenters. The van der Waals surface area contributed by atoms with Gasteiger partial charge in [-0.1, -0.05) is 32.9 Å². The first kappa shape index (κ1) is 12.0. The summed E-state index contributed by atoms with van der Waals surface area (Å²) in [5.41, 5.74) is 0.269. The van der Waals surface area contributed by atoms with Crippen molar-refractivity contribution >= 4 is 11.8 Å². The number of aliphatic hydroxyl groups is 1. The zero-order valence-electron chi connectivity index (χ0n) is 8.66. The van der Waals surface area contributed by atoms with Gasteiger partial charge in [0.1, 0.15) is 0 Å². The lowest BCUT2D eigenvalue weighted by Gasteiger charge is -2.26. The van der Waals surface area contributed by atoms with Gasteiger partial charge in [0, 0.05) is 5.25 Å². The molecule has 2 heteroatoms. The zero-order valence-corrected chi connectivity index (χ0v) is 9.48. The molecule has 0 saturated heterocycles. The smallest absolute Gasteiger partial charge is 0.0693 e. The molecule has 0 aromatic carbocycles. The molecule has 72 valence electrons. The molecular weight excluding hydrogens is 168 g/mol. The maximum Gasteiger partial charge on any atom is 0.0693 e. The van der Waals surface area contributed by atoms with Gasteiger partial charge in [-0.25, -0.2) is 0 Å². The van der Waals surface area contributed by atoms with Crippen LogP contribution >= 0.6 is 11.8 Å². The standard InChI is InChI=1S/C10H20OS/c1-8(11)6-7-9(12-5)10(2,3)4/h6-9,11H,1-5H3/b7-6+/t8-,9+/m1/s1. The fourth-order valence-corrected chi connectivity index (χ4v) is 1.94. The minimum absolute atomic E-state index is 0.269. The first-order valence-corrected chi connectivity index (χ1v) is 5.56. The Hall–Kier alpha value is 0.0500. The van der Waals surface area contributed by atoms with Crippen molar-refractivity contribution in [2.75, 3.05) is 6.26 Å². The second-order valence-electron chi connectivity index (χ2n) is 4.15. The van der Waals surface area contributed by atoms with Crippen molar-refractivity contribution in [3.05, 3.63) is 12.2 Å². The molecule has 0 aromatic heterocycles. The van der Waals surface area contributed by atoms with Crippen LogP contribution < -0.4 is 0 Å². The van der Waals surface area contributed by atoms with Crippen molar-refractivity contribution < 1.29 is 5.11 Å². The quantitative estimate of drug-likeness (QED) is 0.687. The topological polar surface area (TPSA) is 20.2 Å². The Kier molecular flexibility index (Phi) is 4.95. The third-order valence-electron chi connectivity index (χ3n) is 1.67. The predicted octanol–water partition coefficient (Wildman–Crippen LogP) is 2.70. The lowest BCUT2D eigenvalue weighted by atomic mass is 9.91. The van der Waals surface area contributed by atoms with Gasteiger partial charge >= 0.3 is 0 Å². The van der Waals surface area contributed by atoms with E-state index in [-0.39, 0.29) is 11.5 Å². The van der Waals surface area contributed by atoms with Gasteiger partial charge in [-0.05, 0) is 18.6 Å². The predicted molar refractivity (Wildman–Crippen MR) is 57.6 cm³/mol. The molecule has 0 aliphatic rings. The number of hydrogen-bond donors (Lipinski definition) is 1. The van der Waals surface area contributed by atoms with Gasteiger partial charge in [-0.3, -0.25) is 0 Å². The molecule has 0 rings (SSSR count). The molecule has 0 aliphatic heterocycles. The maximum absolute atomic E-state index is 9.07. The maximum atomic E-state index is 9.07. The van der Waals surface area contributed by atoms with E-state index < -0.39 is 0 Å². The van der Waals surface area contributed by atoms with Crippen LogP contribution in [0.3, 0.4) is 0 Å². The highest BCUT2D eigenvalue weighted by atomic mass is 32.2. The van der Waals surface area contributed by atoms with E-state index in [0.29, 0.717) is 5.25 Å². The van der Waals surface area contributed by atoms with Crippen LogP contribution in [0.2, 0.25) is 0 Å². The van der Waals surface area contributed by atoms with Crippen LogP contribution in [0.15, 0.2) is 12.2 Å². The van der Waals surface area contributed by atoms with Crippen molar-refractivity contribution in [3.63, 3.8) is 0 Å². The van der Waals surface area contributed by atoms with Crippen molar-refractivity contribution in [3.8, 4) is 0 Å². The summed E-state index contributed by atoms with van der Waals surface area (Å²) in [5.74, 6) is 0. The lowest BCUT2D eigenvalue weighted by molar-refractivity contribution is 0.243. The van der Waals surface area contributed by atoms with E-state index in [1.807, 2.05) is 17.8 Å². The SMILES string of the molecule is CS[C@@H](/C=C/[C@@H](C)O)C(C)(C)C. The molecule has 0 heterocycles. The molecule has 0 radical (unpaired) electrons. The van der Waals surface area contributed by atoms with Crippen LogP contribution in [0.4, 0.5) is 0 Å². The van der Waals surface area contributed by atoms with Crippen LogP contribution in [0.5, 0.6) is 0 Å². The Morgan fingerprint density at radius 3 is 2.00 bits per heavy atom. The first-order chi connectivity index (χ1) is 5.38. The Balaban J connectivity index is 4.18. The average molecular weight is 188 g/mol. The van der Waals surface area contributed by atoms with Gasteiger partial charge < -0.3 is 5.11 Å². The monoisotopic (exact) mass is 188 g/mol. The summed E-state index contributed by atoms with van der Waals surface area (Å²) in [4.78, 5) is 0. The van der Waals surface area contributed by atoms with Gasteiger partial charge in [-0.15, -0.1) is 0 Å². The van der Waals surface area contributed by atoms with E-state index in [2.05, 4.69) is 33.1 Å². The molecule has 0 amide bonds. The van der Waals surface area contributed by atoms with E-state index in [1.54, 1.807) is 6.92 Å². The summed E-state index contributed by atoms with van der Waals surface area (Å²) in [7, 11) is 0. The van der Waals surface area contributed by atoms with E-state index in [1.165, 1.54) is 0 Å². The van der Waals surface area contributed by atoms with Gasteiger partial charge in [0.15, 0.2) is 0 Å². The van der Waals surface area contributed by atoms with Gasteiger partial charge in [-0.2, -0.15) is 11.8 Å². The number of thioether (sulfide) groups is 1. The number of rotatable bonds is 3. The van der Waals surface area contributed by atoms with E-state index in [9.17, 15) is 0 Å². The highest BCUT2D eigenvalue weighted by Gasteiger charge is 2.20. The van der Waals surface area contributed by atoms with Gasteiger partial charge in [0.25, 0.3) is 0 Å². The largest absolute Gasteiger partial charge is 0.389 e. The van der Waals surface area contributed by atoms with Gasteiger partial charge in [0.2, 0.25) is 0 Å². The molecule has 0 spiro atoms. The Morgan fingerprint density at radius 1 is 1.25 bits per heavy atom. The zero-order chi connectivity index (χ0) is 9.78. The van der Waals surface area contributed by atoms with E-state index >= 15 is 0 Å². The highest BCUT2D eigenvalue weighted by molar-refractivity contribution is 7.99. The molecule has 12 heavy (non-hydrogen) atoms. The Labute approximate surface area is 80.3 Å². The summed E-state index contributed by atoms with van der Waals surface area (Å²) in [6.45, 7) is 8.40. The number of aliphatic hydroxyl groups excluding tert-OH is 1. The summed E-state index contributed by atoms with van der Waals surface area (Å²) >= 11 is 1.82. The van der Waals surface area contributed by atoms with E-state index in [4.69, 9.17) is 5.11 Å². The van der Waals surface area contributed by atoms with Crippen molar-refractivity contribution in [2.45, 2.75) is 39.0 Å². The fraction of sp³-hybridized carbons (Fsp3) is 0.800. The third kappa shape index (κ3) is 4.83. The van der Waals surface area contributed by atoms with Crippen LogP contribution in [-0.4, -0.2) is 22.7 Å². The molecule has 0 saturated carbocycles. The normalized spacial score (nSPS) is 18.2. The van der Waals surface area contributed by atoms with Crippen LogP contribution in [0, 0.1) is 5.41 Å². The summed E-state index contributed by atoms with van der Waals surface area (Å²) in [6.07, 6.45) is 5.71. The molecule has 0 bridgehead atoms. The van der Waals surface area contributed by atoms with Crippen LogP contribution in [0.25, 0.3) is 0 Å². The Bertz CT molecular complexity index is 144. The van der Waals surface area contributed by atoms with E-state index in [0.717, 1.165) is 0 Å². The van der Waals surface area contributed by atoms with Gasteiger partial charge in [0.05, 0.1) is 6.10 Å². The summed E-state index contributed by atoms with van der Waals surface area (Å²) in [6, 6.07) is 0. The lowest BCUT2D eigenvalue weighted by Crippen LogP contribution is -2.20. The van der Waals surface area contributed by atoms with Crippen LogP contribution in [-0.2, 0) is 0 Å². The molecule has 1 nitrogen and oxygen atoms in total. The molecule has 0 aliphatic carbocycles. The number of hydrogen-bond acceptors (Lipinski definition) is 2. The first-order valence-electron chi connectivity index (χ1n) is 4.27. The van der Waals surface area contributed by atoms with Crippen LogP contribution in [0.1, 0.15) is 27.7 Å². The summed E-state index contributed by atoms with van der Waals surface area (Å²) < 4.78 is 0. The minimum atomic E-state index is -0.331. The average Bonchev–Trinajstić information content (AvgIpc) is 1.85. The van der Waals surface area contributed by atoms with Crippen molar-refractivity contribution in [1.82, 2.24) is 0 Å². The molecule has 0 fully saturated rings. The Morgan fingerprint density at radius 2 is 1.75 bits per heavy atom. The minimum Gasteiger partial charge on any atom is -0.389 e. The third-order valence-corrected chi connectivity index (χ3v) is 3.04. The fourth-order valence-electron chi connectivity index (χ4n) is 0.983. The summed E-state index contributed by atoms with van der Waals surface area (Å²) in [5, 5.41) is 9.55. The molecule has 0 aromatic rings. The van der Waals surface area contributed by atoms with Crippen molar-refractivity contribution in [2.24, 2.45) is 5.41 Å². The second-order valence-corrected chi connectivity index (χ2v) is 5.13. The molecular formula is C10H20OS. The molecule has 2 atom stereocenters.